The number of anilines is 1. The van der Waals surface area contributed by atoms with Crippen molar-refractivity contribution in [2.75, 3.05) is 5.32 Å². The van der Waals surface area contributed by atoms with Gasteiger partial charge in [0.1, 0.15) is 5.75 Å². The molecule has 0 fully saturated rings. The number of rotatable bonds is 3. The highest BCUT2D eigenvalue weighted by Gasteiger charge is 2.32. The van der Waals surface area contributed by atoms with Crippen LogP contribution in [0.2, 0.25) is 0 Å². The molecule has 1 atom stereocenters. The van der Waals surface area contributed by atoms with Crippen LogP contribution < -0.4 is 10.1 Å². The number of hydrogen-bond acceptors (Lipinski definition) is 3. The third kappa shape index (κ3) is 3.58. The molecule has 4 rings (SSSR count). The summed E-state index contributed by atoms with van der Waals surface area (Å²) in [6.45, 7) is 1.46. The van der Waals surface area contributed by atoms with Crippen LogP contribution in [0.5, 0.6) is 5.75 Å². The molecule has 0 aromatic heterocycles. The molecule has 138 valence electrons. The van der Waals surface area contributed by atoms with E-state index < -0.39 is 6.10 Å². The smallest absolute Gasteiger partial charge is 0.221 e. The van der Waals surface area contributed by atoms with Crippen LogP contribution in [0.25, 0.3) is 6.08 Å². The van der Waals surface area contributed by atoms with Crippen LogP contribution in [0, 0.1) is 0 Å². The molecule has 1 aliphatic heterocycles. The number of ketones is 1. The van der Waals surface area contributed by atoms with Gasteiger partial charge in [0, 0.05) is 18.2 Å². The fraction of sp³-hybridized carbons (Fsp3) is 0.0833. The molecule has 1 aliphatic rings. The number of carbonyl (C=O) groups excluding carboxylic acids is 2. The van der Waals surface area contributed by atoms with Crippen molar-refractivity contribution in [2.45, 2.75) is 13.0 Å². The summed E-state index contributed by atoms with van der Waals surface area (Å²) in [4.78, 5) is 24.6. The van der Waals surface area contributed by atoms with E-state index in [1.54, 1.807) is 6.07 Å². The number of benzene rings is 3. The molecule has 1 amide bonds. The Morgan fingerprint density at radius 2 is 1.71 bits per heavy atom. The Hall–Kier alpha value is -3.66. The third-order valence-corrected chi connectivity index (χ3v) is 4.55. The molecule has 0 saturated heterocycles. The summed E-state index contributed by atoms with van der Waals surface area (Å²) in [5, 5.41) is 2.77. The van der Waals surface area contributed by atoms with E-state index >= 15 is 0 Å². The van der Waals surface area contributed by atoms with Gasteiger partial charge in [0.2, 0.25) is 5.91 Å². The van der Waals surface area contributed by atoms with Crippen LogP contribution >= 0.6 is 0 Å². The monoisotopic (exact) mass is 369 g/mol. The third-order valence-electron chi connectivity index (χ3n) is 4.55. The molecule has 1 unspecified atom stereocenters. The molecular formula is C24H19NO3. The number of para-hydroxylation sites is 1. The van der Waals surface area contributed by atoms with Crippen molar-refractivity contribution in [3.63, 3.8) is 0 Å². The summed E-state index contributed by atoms with van der Waals surface area (Å²) in [7, 11) is 0. The Labute approximate surface area is 163 Å². The van der Waals surface area contributed by atoms with Gasteiger partial charge in [0.15, 0.2) is 11.9 Å². The first-order valence-electron chi connectivity index (χ1n) is 9.06. The lowest BCUT2D eigenvalue weighted by Crippen LogP contribution is -2.23. The first-order chi connectivity index (χ1) is 13.6. The van der Waals surface area contributed by atoms with E-state index in [1.807, 2.05) is 78.9 Å². The molecule has 0 saturated carbocycles. The van der Waals surface area contributed by atoms with Crippen LogP contribution in [-0.2, 0) is 4.79 Å². The zero-order chi connectivity index (χ0) is 19.5. The van der Waals surface area contributed by atoms with Crippen LogP contribution in [0.1, 0.15) is 34.5 Å². The Morgan fingerprint density at radius 3 is 2.50 bits per heavy atom. The minimum atomic E-state index is -0.493. The number of nitrogens with one attached hydrogen (secondary N) is 1. The number of carbonyl (C=O) groups is 2. The maximum atomic E-state index is 13.2. The molecule has 3 aromatic carbocycles. The van der Waals surface area contributed by atoms with Crippen LogP contribution in [0.15, 0.2) is 84.4 Å². The van der Waals surface area contributed by atoms with Gasteiger partial charge in [-0.2, -0.15) is 0 Å². The second-order valence-electron chi connectivity index (χ2n) is 6.64. The Bertz CT molecular complexity index is 1070. The molecule has 28 heavy (non-hydrogen) atoms. The van der Waals surface area contributed by atoms with E-state index in [4.69, 9.17) is 4.74 Å². The molecule has 0 spiro atoms. The number of amides is 1. The van der Waals surface area contributed by atoms with Crippen molar-refractivity contribution in [3.05, 3.63) is 101 Å². The quantitative estimate of drug-likeness (QED) is 0.658. The minimum Gasteiger partial charge on any atom is -0.480 e. The predicted octanol–water partition coefficient (Wildman–Crippen LogP) is 5.05. The maximum Gasteiger partial charge on any atom is 0.221 e. The minimum absolute atomic E-state index is 0.0550. The molecule has 1 heterocycles. The second kappa shape index (κ2) is 7.53. The highest BCUT2D eigenvalue weighted by molar-refractivity contribution is 6.14. The van der Waals surface area contributed by atoms with E-state index in [2.05, 4.69) is 5.32 Å². The van der Waals surface area contributed by atoms with E-state index in [-0.39, 0.29) is 11.7 Å². The van der Waals surface area contributed by atoms with Crippen molar-refractivity contribution in [1.29, 1.82) is 0 Å². The molecule has 0 radical (unpaired) electrons. The van der Waals surface area contributed by atoms with Crippen LogP contribution in [0.4, 0.5) is 5.69 Å². The number of fused-ring (bicyclic) bond motifs is 1. The summed E-state index contributed by atoms with van der Waals surface area (Å²) in [6.07, 6.45) is 1.34. The van der Waals surface area contributed by atoms with Crippen molar-refractivity contribution in [3.8, 4) is 5.75 Å². The SMILES string of the molecule is CC(=O)Nc1cccc(C=C2C(=O)c3ccccc3OC2c2ccccc2)c1. The Balaban J connectivity index is 1.81. The van der Waals surface area contributed by atoms with Crippen LogP contribution in [0.3, 0.4) is 0 Å². The normalized spacial score (nSPS) is 17.0. The molecule has 0 aliphatic carbocycles. The van der Waals surface area contributed by atoms with Crippen molar-refractivity contribution in [1.82, 2.24) is 0 Å². The topological polar surface area (TPSA) is 55.4 Å². The highest BCUT2D eigenvalue weighted by atomic mass is 16.5. The lowest BCUT2D eigenvalue weighted by atomic mass is 9.89. The van der Waals surface area contributed by atoms with E-state index in [1.165, 1.54) is 6.92 Å². The zero-order valence-electron chi connectivity index (χ0n) is 15.4. The van der Waals surface area contributed by atoms with Crippen molar-refractivity contribution in [2.24, 2.45) is 0 Å². The van der Waals surface area contributed by atoms with Gasteiger partial charge < -0.3 is 10.1 Å². The number of hydrogen-bond donors (Lipinski definition) is 1. The number of ether oxygens (including phenoxy) is 1. The van der Waals surface area contributed by atoms with Gasteiger partial charge in [-0.1, -0.05) is 54.6 Å². The average molecular weight is 369 g/mol. The van der Waals surface area contributed by atoms with Gasteiger partial charge in [-0.15, -0.1) is 0 Å². The zero-order valence-corrected chi connectivity index (χ0v) is 15.4. The lowest BCUT2D eigenvalue weighted by Gasteiger charge is -2.28. The average Bonchev–Trinajstić information content (AvgIpc) is 2.70. The summed E-state index contributed by atoms with van der Waals surface area (Å²) >= 11 is 0. The van der Waals surface area contributed by atoms with Gasteiger partial charge in [-0.05, 0) is 41.5 Å². The molecule has 0 bridgehead atoms. The lowest BCUT2D eigenvalue weighted by molar-refractivity contribution is -0.114. The first kappa shape index (κ1) is 17.7. The van der Waals surface area contributed by atoms with E-state index in [0.717, 1.165) is 11.1 Å². The second-order valence-corrected chi connectivity index (χ2v) is 6.64. The van der Waals surface area contributed by atoms with Crippen molar-refractivity contribution >= 4 is 23.5 Å². The van der Waals surface area contributed by atoms with Gasteiger partial charge in [0.25, 0.3) is 0 Å². The summed E-state index contributed by atoms with van der Waals surface area (Å²) < 4.78 is 6.21. The fourth-order valence-electron chi connectivity index (χ4n) is 3.33. The molecular weight excluding hydrogens is 350 g/mol. The first-order valence-corrected chi connectivity index (χ1v) is 9.06. The van der Waals surface area contributed by atoms with Gasteiger partial charge in [-0.3, -0.25) is 9.59 Å². The van der Waals surface area contributed by atoms with Crippen LogP contribution in [-0.4, -0.2) is 11.7 Å². The Kier molecular flexibility index (Phi) is 4.77. The van der Waals surface area contributed by atoms with E-state index in [0.29, 0.717) is 22.6 Å². The summed E-state index contributed by atoms with van der Waals surface area (Å²) in [5.74, 6) is 0.393. The maximum absolute atomic E-state index is 13.2. The summed E-state index contributed by atoms with van der Waals surface area (Å²) in [6, 6.07) is 24.4. The largest absolute Gasteiger partial charge is 0.480 e. The van der Waals surface area contributed by atoms with E-state index in [9.17, 15) is 9.59 Å². The van der Waals surface area contributed by atoms with Gasteiger partial charge in [-0.25, -0.2) is 0 Å². The predicted molar refractivity (Wildman–Crippen MR) is 109 cm³/mol. The summed E-state index contributed by atoms with van der Waals surface area (Å²) in [5.41, 5.74) is 3.53. The molecule has 3 aromatic rings. The van der Waals surface area contributed by atoms with Gasteiger partial charge >= 0.3 is 0 Å². The molecule has 4 nitrogen and oxygen atoms in total. The highest BCUT2D eigenvalue weighted by Crippen LogP contribution is 2.39. The molecule has 1 N–H and O–H groups in total. The van der Waals surface area contributed by atoms with Gasteiger partial charge in [0.05, 0.1) is 5.56 Å². The Morgan fingerprint density at radius 1 is 0.964 bits per heavy atom. The molecule has 4 heteroatoms. The number of Topliss-reactive ketones (excluding diaryl/α,β-unsaturated/α-hetero) is 1. The fourth-order valence-corrected chi connectivity index (χ4v) is 3.33. The standard InChI is InChI=1S/C24H19NO3/c1-16(26)25-19-11-7-8-17(14-19)15-21-23(27)20-12-5-6-13-22(20)28-24(21)18-9-3-2-4-10-18/h2-15,24H,1H3,(H,25,26). The van der Waals surface area contributed by atoms with Crippen molar-refractivity contribution < 1.29 is 14.3 Å².